The van der Waals surface area contributed by atoms with Crippen LogP contribution in [-0.4, -0.2) is 59.1 Å². The Morgan fingerprint density at radius 1 is 0.757 bits per heavy atom. The SMILES string of the molecule is CC.CC.CCC.CCNC(=O)C(C)NC(=O)CNC(=O)C(C)(C)CC(C)(C)N(C(=O)CC)C(=O)CC. The van der Waals surface area contributed by atoms with Crippen LogP contribution in [0, 0.1) is 5.41 Å². The summed E-state index contributed by atoms with van der Waals surface area (Å²) in [5, 5.41) is 7.70. The molecule has 0 bridgehead atoms. The van der Waals surface area contributed by atoms with Crippen LogP contribution in [0.3, 0.4) is 0 Å². The molecule has 1 unspecified atom stereocenters. The third-order valence-corrected chi connectivity index (χ3v) is 4.73. The molecular weight excluding hydrogens is 472 g/mol. The first-order chi connectivity index (χ1) is 17.1. The number of rotatable bonds is 11. The molecule has 0 saturated heterocycles. The topological polar surface area (TPSA) is 125 Å². The number of nitrogens with one attached hydrogen (secondary N) is 3. The Labute approximate surface area is 227 Å². The van der Waals surface area contributed by atoms with Crippen molar-refractivity contribution in [3.8, 4) is 0 Å². The van der Waals surface area contributed by atoms with Crippen molar-refractivity contribution in [2.24, 2.45) is 5.41 Å². The first kappa shape index (κ1) is 41.7. The van der Waals surface area contributed by atoms with Crippen LogP contribution in [0.5, 0.6) is 0 Å². The van der Waals surface area contributed by atoms with Gasteiger partial charge in [0.05, 0.1) is 6.54 Å². The van der Waals surface area contributed by atoms with Gasteiger partial charge in [-0.05, 0) is 34.1 Å². The third kappa shape index (κ3) is 17.6. The van der Waals surface area contributed by atoms with E-state index in [4.69, 9.17) is 0 Å². The smallest absolute Gasteiger partial charge is 0.242 e. The fourth-order valence-corrected chi connectivity index (χ4v) is 3.46. The first-order valence-corrected chi connectivity index (χ1v) is 13.9. The molecular formula is C28H58N4O5. The average molecular weight is 531 g/mol. The molecule has 9 heteroatoms. The van der Waals surface area contributed by atoms with E-state index in [-0.39, 0.29) is 49.4 Å². The number of hydrogen-bond acceptors (Lipinski definition) is 5. The molecule has 9 nitrogen and oxygen atoms in total. The lowest BCUT2D eigenvalue weighted by Crippen LogP contribution is -2.55. The molecule has 0 aromatic heterocycles. The highest BCUT2D eigenvalue weighted by atomic mass is 16.2. The van der Waals surface area contributed by atoms with E-state index in [1.807, 2.05) is 27.7 Å². The zero-order valence-electron chi connectivity index (χ0n) is 26.3. The van der Waals surface area contributed by atoms with Gasteiger partial charge in [0.25, 0.3) is 0 Å². The van der Waals surface area contributed by atoms with Crippen molar-refractivity contribution in [1.29, 1.82) is 0 Å². The Morgan fingerprint density at radius 3 is 1.51 bits per heavy atom. The molecule has 37 heavy (non-hydrogen) atoms. The van der Waals surface area contributed by atoms with E-state index in [9.17, 15) is 24.0 Å². The molecule has 0 aromatic carbocycles. The van der Waals surface area contributed by atoms with Gasteiger partial charge >= 0.3 is 0 Å². The second-order valence-corrected chi connectivity index (χ2v) is 9.28. The maximum atomic E-state index is 12.7. The number of imide groups is 1. The molecule has 0 spiro atoms. The van der Waals surface area contributed by atoms with Crippen LogP contribution < -0.4 is 16.0 Å². The Kier molecular flexibility index (Phi) is 25.6. The summed E-state index contributed by atoms with van der Waals surface area (Å²) in [7, 11) is 0. The fraction of sp³-hybridized carbons (Fsp3) is 0.821. The Bertz CT molecular complexity index is 659. The van der Waals surface area contributed by atoms with Crippen LogP contribution in [0.15, 0.2) is 0 Å². The van der Waals surface area contributed by atoms with Gasteiger partial charge in [-0.2, -0.15) is 0 Å². The van der Waals surface area contributed by atoms with Gasteiger partial charge in [0.1, 0.15) is 6.04 Å². The summed E-state index contributed by atoms with van der Waals surface area (Å²) in [5.74, 6) is -1.76. The number of hydrogen-bond donors (Lipinski definition) is 3. The van der Waals surface area contributed by atoms with Gasteiger partial charge in [-0.3, -0.25) is 28.9 Å². The van der Waals surface area contributed by atoms with Crippen molar-refractivity contribution in [3.05, 3.63) is 0 Å². The van der Waals surface area contributed by atoms with Gasteiger partial charge in [0.15, 0.2) is 0 Å². The number of nitrogens with zero attached hydrogens (tertiary/aromatic N) is 1. The number of likely N-dealkylation sites (N-methyl/N-ethyl adjacent to an activating group) is 1. The molecule has 0 aromatic rings. The minimum atomic E-state index is -0.949. The average Bonchev–Trinajstić information content (AvgIpc) is 2.84. The van der Waals surface area contributed by atoms with Gasteiger partial charge in [0, 0.05) is 30.3 Å². The van der Waals surface area contributed by atoms with E-state index in [0.29, 0.717) is 6.54 Å². The van der Waals surface area contributed by atoms with Gasteiger partial charge in [-0.25, -0.2) is 0 Å². The first-order valence-electron chi connectivity index (χ1n) is 13.9. The zero-order chi connectivity index (χ0) is 30.4. The summed E-state index contributed by atoms with van der Waals surface area (Å²) in [4.78, 5) is 62.4. The summed E-state index contributed by atoms with van der Waals surface area (Å²) in [6.07, 6.45) is 1.84. The second kappa shape index (κ2) is 22.7. The quantitative estimate of drug-likeness (QED) is 0.361. The molecule has 1 atom stereocenters. The van der Waals surface area contributed by atoms with E-state index in [1.54, 1.807) is 55.4 Å². The van der Waals surface area contributed by atoms with Crippen LogP contribution in [0.2, 0.25) is 0 Å². The van der Waals surface area contributed by atoms with Crippen molar-refractivity contribution < 1.29 is 24.0 Å². The van der Waals surface area contributed by atoms with E-state index >= 15 is 0 Å². The summed E-state index contributed by atoms with van der Waals surface area (Å²) < 4.78 is 0. The monoisotopic (exact) mass is 530 g/mol. The third-order valence-electron chi connectivity index (χ3n) is 4.73. The minimum absolute atomic E-state index is 0.186. The zero-order valence-corrected chi connectivity index (χ0v) is 26.3. The summed E-state index contributed by atoms with van der Waals surface area (Å²) in [5.41, 5.74) is -1.83. The highest BCUT2D eigenvalue weighted by Gasteiger charge is 2.41. The molecule has 5 amide bonds. The molecule has 3 N–H and O–H groups in total. The normalized spacial score (nSPS) is 11.0. The maximum absolute atomic E-state index is 12.7. The van der Waals surface area contributed by atoms with E-state index in [2.05, 4.69) is 29.8 Å². The molecule has 0 aliphatic rings. The molecule has 0 radical (unpaired) electrons. The summed E-state index contributed by atoms with van der Waals surface area (Å²) in [6, 6.07) is -0.713. The molecule has 220 valence electrons. The van der Waals surface area contributed by atoms with E-state index < -0.39 is 22.9 Å². The summed E-state index contributed by atoms with van der Waals surface area (Å²) in [6.45, 7) is 26.0. The second-order valence-electron chi connectivity index (χ2n) is 9.28. The fourth-order valence-electron chi connectivity index (χ4n) is 3.46. The lowest BCUT2D eigenvalue weighted by Gasteiger charge is -2.41. The standard InChI is InChI=1S/C21H38N4O5.C3H8.2C2H6/c1-9-16(27)25(17(28)10-2)21(7,8)13-20(5,6)19(30)23-12-15(26)24-14(4)18(29)22-11-3;1-3-2;2*1-2/h14H,9-13H2,1-8H3,(H,22,29)(H,23,30)(H,24,26);3H2,1-2H3;2*1-2H3. The lowest BCUT2D eigenvalue weighted by molar-refractivity contribution is -0.153. The van der Waals surface area contributed by atoms with Crippen LogP contribution in [0.4, 0.5) is 0 Å². The summed E-state index contributed by atoms with van der Waals surface area (Å²) >= 11 is 0. The van der Waals surface area contributed by atoms with Crippen molar-refractivity contribution in [2.45, 2.75) is 134 Å². The van der Waals surface area contributed by atoms with Crippen molar-refractivity contribution in [3.63, 3.8) is 0 Å². The molecule has 0 aliphatic carbocycles. The van der Waals surface area contributed by atoms with Crippen LogP contribution >= 0.6 is 0 Å². The predicted octanol–water partition coefficient (Wildman–Crippen LogP) is 4.58. The van der Waals surface area contributed by atoms with Gasteiger partial charge < -0.3 is 16.0 Å². The number of amides is 5. The van der Waals surface area contributed by atoms with Crippen molar-refractivity contribution >= 4 is 29.5 Å². The highest BCUT2D eigenvalue weighted by molar-refractivity contribution is 5.96. The largest absolute Gasteiger partial charge is 0.355 e. The Balaban J connectivity index is -0.000000703. The molecule has 0 rings (SSSR count). The molecule has 0 heterocycles. The predicted molar refractivity (Wildman–Crippen MR) is 153 cm³/mol. The molecule has 0 fully saturated rings. The van der Waals surface area contributed by atoms with Gasteiger partial charge in [-0.1, -0.05) is 75.7 Å². The minimum Gasteiger partial charge on any atom is -0.355 e. The Hall–Kier alpha value is -2.45. The van der Waals surface area contributed by atoms with Crippen molar-refractivity contribution in [2.75, 3.05) is 13.1 Å². The molecule has 0 aliphatic heterocycles. The number of carbonyl (C=O) groups excluding carboxylic acids is 5. The van der Waals surface area contributed by atoms with E-state index in [0.717, 1.165) is 0 Å². The van der Waals surface area contributed by atoms with Crippen LogP contribution in [0.1, 0.15) is 123 Å². The van der Waals surface area contributed by atoms with Crippen molar-refractivity contribution in [1.82, 2.24) is 20.9 Å². The van der Waals surface area contributed by atoms with Gasteiger partial charge in [-0.15, -0.1) is 0 Å². The van der Waals surface area contributed by atoms with Gasteiger partial charge in [0.2, 0.25) is 29.5 Å². The number of carbonyl (C=O) groups is 5. The van der Waals surface area contributed by atoms with Crippen LogP contribution in [-0.2, 0) is 24.0 Å². The maximum Gasteiger partial charge on any atom is 0.242 e. The lowest BCUT2D eigenvalue weighted by atomic mass is 9.78. The highest BCUT2D eigenvalue weighted by Crippen LogP contribution is 2.33. The Morgan fingerprint density at radius 2 is 1.16 bits per heavy atom. The van der Waals surface area contributed by atoms with Crippen LogP contribution in [0.25, 0.3) is 0 Å². The van der Waals surface area contributed by atoms with E-state index in [1.165, 1.54) is 11.3 Å². The molecule has 0 saturated carbocycles.